The number of carbonyl (C=O) groups is 4. The predicted molar refractivity (Wildman–Crippen MR) is 189 cm³/mol. The van der Waals surface area contributed by atoms with Crippen molar-refractivity contribution in [2.24, 2.45) is 0 Å². The normalized spacial score (nSPS) is 15.3. The molecule has 4 nitrogen and oxygen atoms in total. The lowest BCUT2D eigenvalue weighted by Gasteiger charge is -1.89. The zero-order chi connectivity index (χ0) is 33.6. The zero-order valence-electron chi connectivity index (χ0n) is 27.5. The molecule has 0 saturated heterocycles. The maximum atomic E-state index is 10.4. The van der Waals surface area contributed by atoms with Crippen LogP contribution in [0.1, 0.15) is 55.4 Å². The molecule has 0 fully saturated rings. The first-order valence-corrected chi connectivity index (χ1v) is 14.2. The minimum atomic E-state index is 0.698. The molecule has 0 saturated carbocycles. The molecule has 0 N–H and O–H groups in total. The van der Waals surface area contributed by atoms with Crippen molar-refractivity contribution in [1.82, 2.24) is 0 Å². The van der Waals surface area contributed by atoms with Gasteiger partial charge in [-0.25, -0.2) is 0 Å². The topological polar surface area (TPSA) is 68.3 Å². The van der Waals surface area contributed by atoms with Crippen molar-refractivity contribution in [2.75, 3.05) is 0 Å². The van der Waals surface area contributed by atoms with Crippen LogP contribution in [0.5, 0.6) is 0 Å². The molecule has 0 heterocycles. The second-order valence-corrected chi connectivity index (χ2v) is 9.96. The molecule has 0 aliphatic carbocycles. The second kappa shape index (κ2) is 28.2. The summed E-state index contributed by atoms with van der Waals surface area (Å²) in [4.78, 5) is 41.7. The Morgan fingerprint density at radius 2 is 0.409 bits per heavy atom. The Morgan fingerprint density at radius 3 is 0.568 bits per heavy atom. The molecule has 0 aromatic carbocycles. The van der Waals surface area contributed by atoms with Crippen molar-refractivity contribution in [3.8, 4) is 0 Å². The maximum Gasteiger partial charge on any atom is 0.145 e. The van der Waals surface area contributed by atoms with Gasteiger partial charge in [-0.05, 0) is 77.7 Å². The lowest BCUT2D eigenvalue weighted by Crippen LogP contribution is -1.73. The molecule has 0 aromatic heterocycles. The molecule has 0 atom stereocenters. The minimum Gasteiger partial charge on any atom is -0.298 e. The van der Waals surface area contributed by atoms with E-state index in [0.717, 1.165) is 47.4 Å². The van der Waals surface area contributed by atoms with Crippen LogP contribution in [0.15, 0.2) is 166 Å². The van der Waals surface area contributed by atoms with Gasteiger partial charge >= 0.3 is 0 Å². The van der Waals surface area contributed by atoms with E-state index in [1.807, 2.05) is 125 Å². The van der Waals surface area contributed by atoms with Gasteiger partial charge in [-0.2, -0.15) is 0 Å². The summed E-state index contributed by atoms with van der Waals surface area (Å²) in [6, 6.07) is 0. The van der Waals surface area contributed by atoms with Crippen molar-refractivity contribution < 1.29 is 19.2 Å². The van der Waals surface area contributed by atoms with Crippen molar-refractivity contribution in [3.05, 3.63) is 166 Å². The van der Waals surface area contributed by atoms with Gasteiger partial charge in [-0.3, -0.25) is 19.2 Å². The first-order valence-electron chi connectivity index (χ1n) is 14.2. The largest absolute Gasteiger partial charge is 0.298 e. The fraction of sp³-hybridized carbons (Fsp3) is 0.200. The minimum absolute atomic E-state index is 0.698. The molecule has 0 aliphatic rings. The van der Waals surface area contributed by atoms with Crippen molar-refractivity contribution in [2.45, 2.75) is 55.4 Å². The molecule has 0 spiro atoms. The van der Waals surface area contributed by atoms with Crippen LogP contribution in [0.3, 0.4) is 0 Å². The summed E-state index contributed by atoms with van der Waals surface area (Å²) in [5, 5.41) is 0. The molecular weight excluding hydrogens is 544 g/mol. The summed E-state index contributed by atoms with van der Waals surface area (Å²) < 4.78 is 0. The Hall–Kier alpha value is -4.96. The predicted octanol–water partition coefficient (Wildman–Crippen LogP) is 9.68. The van der Waals surface area contributed by atoms with Gasteiger partial charge in [0.2, 0.25) is 0 Å². The van der Waals surface area contributed by atoms with Gasteiger partial charge in [-0.1, -0.05) is 144 Å². The van der Waals surface area contributed by atoms with Crippen LogP contribution >= 0.6 is 0 Å². The SMILES string of the molecule is C\C(C=O)=C/C=C/C(C)=C/C=C/C=C(C)/C=C/C=C(\C)C=O.C\C(C=O)=C/C=C/C(C)=C/C=C/C=C(C)/C=C/C=C(\C)C=O. The van der Waals surface area contributed by atoms with E-state index in [1.165, 1.54) is 0 Å². The van der Waals surface area contributed by atoms with Crippen LogP contribution in [-0.4, -0.2) is 25.1 Å². The highest BCUT2D eigenvalue weighted by Crippen LogP contribution is 2.02. The average Bonchev–Trinajstić information content (AvgIpc) is 3.01. The Labute approximate surface area is 265 Å². The van der Waals surface area contributed by atoms with Crippen LogP contribution in [0.4, 0.5) is 0 Å². The molecule has 0 aliphatic heterocycles. The Balaban J connectivity index is 0. The molecule has 0 bridgehead atoms. The first kappa shape index (κ1) is 41.2. The van der Waals surface area contributed by atoms with Gasteiger partial charge in [0.05, 0.1) is 0 Å². The third-order valence-electron chi connectivity index (χ3n) is 5.28. The monoisotopic (exact) mass is 592 g/mol. The second-order valence-electron chi connectivity index (χ2n) is 9.96. The average molecular weight is 593 g/mol. The fourth-order valence-electron chi connectivity index (χ4n) is 2.62. The highest BCUT2D eigenvalue weighted by molar-refractivity contribution is 5.73. The molecule has 0 radical (unpaired) electrons. The number of carbonyl (C=O) groups excluding carboxylic acids is 4. The van der Waals surface area contributed by atoms with E-state index in [2.05, 4.69) is 0 Å². The Morgan fingerprint density at radius 1 is 0.250 bits per heavy atom. The lowest BCUT2D eigenvalue weighted by atomic mass is 10.2. The highest BCUT2D eigenvalue weighted by atomic mass is 16.1. The quantitative estimate of drug-likeness (QED) is 0.102. The lowest BCUT2D eigenvalue weighted by molar-refractivity contribution is -0.105. The summed E-state index contributed by atoms with van der Waals surface area (Å²) in [7, 11) is 0. The van der Waals surface area contributed by atoms with Crippen LogP contribution < -0.4 is 0 Å². The van der Waals surface area contributed by atoms with Crippen LogP contribution in [0.2, 0.25) is 0 Å². The molecule has 0 rings (SSSR count). The van der Waals surface area contributed by atoms with E-state index in [1.54, 1.807) is 52.0 Å². The standard InChI is InChI=1S/2C20H24O2/c2*1-17(11-7-13-19(3)15-21)9-5-6-10-18(2)12-8-14-20(4)16-22/h2*5-16H,1-4H3/b2*6-5+,11-7+,12-8+,17-9+,18-10+,19-13+,20-14+. The maximum absolute atomic E-state index is 10.4. The summed E-state index contributed by atoms with van der Waals surface area (Å²) in [6.07, 6.45) is 41.4. The van der Waals surface area contributed by atoms with Gasteiger partial charge in [-0.15, -0.1) is 0 Å². The smallest absolute Gasteiger partial charge is 0.145 e. The molecule has 0 aromatic rings. The van der Waals surface area contributed by atoms with Crippen molar-refractivity contribution >= 4 is 25.1 Å². The molecule has 0 unspecified atom stereocenters. The van der Waals surface area contributed by atoms with Crippen LogP contribution in [0.25, 0.3) is 0 Å². The molecule has 44 heavy (non-hydrogen) atoms. The number of rotatable bonds is 16. The van der Waals surface area contributed by atoms with E-state index in [0.29, 0.717) is 22.3 Å². The van der Waals surface area contributed by atoms with Gasteiger partial charge < -0.3 is 0 Å². The zero-order valence-corrected chi connectivity index (χ0v) is 27.5. The summed E-state index contributed by atoms with van der Waals surface area (Å²) in [6.45, 7) is 15.0. The number of allylic oxidation sites excluding steroid dienone is 28. The number of hydrogen-bond donors (Lipinski definition) is 0. The summed E-state index contributed by atoms with van der Waals surface area (Å²) >= 11 is 0. The number of hydrogen-bond acceptors (Lipinski definition) is 4. The summed E-state index contributed by atoms with van der Waals surface area (Å²) in [5.74, 6) is 0. The fourth-order valence-corrected chi connectivity index (χ4v) is 2.62. The molecular formula is C40H48O4. The third-order valence-corrected chi connectivity index (χ3v) is 5.28. The van der Waals surface area contributed by atoms with E-state index < -0.39 is 0 Å². The number of aldehydes is 4. The summed E-state index contributed by atoms with van der Waals surface area (Å²) in [5.41, 5.74) is 7.17. The van der Waals surface area contributed by atoms with Crippen LogP contribution in [-0.2, 0) is 19.2 Å². The molecule has 232 valence electrons. The van der Waals surface area contributed by atoms with E-state index in [4.69, 9.17) is 0 Å². The van der Waals surface area contributed by atoms with E-state index in [9.17, 15) is 19.2 Å². The van der Waals surface area contributed by atoms with E-state index in [-0.39, 0.29) is 0 Å². The third kappa shape index (κ3) is 28.6. The first-order chi connectivity index (χ1) is 21.0. The van der Waals surface area contributed by atoms with E-state index >= 15 is 0 Å². The Bertz CT molecular complexity index is 1160. The molecule has 0 amide bonds. The Kier molecular flexibility index (Phi) is 26.4. The van der Waals surface area contributed by atoms with Crippen molar-refractivity contribution in [1.29, 1.82) is 0 Å². The van der Waals surface area contributed by atoms with Gasteiger partial charge in [0.15, 0.2) is 0 Å². The van der Waals surface area contributed by atoms with Gasteiger partial charge in [0.25, 0.3) is 0 Å². The van der Waals surface area contributed by atoms with Crippen LogP contribution in [0, 0.1) is 0 Å². The van der Waals surface area contributed by atoms with Gasteiger partial charge in [0, 0.05) is 0 Å². The van der Waals surface area contributed by atoms with Gasteiger partial charge in [0.1, 0.15) is 25.1 Å². The highest BCUT2D eigenvalue weighted by Gasteiger charge is 1.84. The molecule has 4 heteroatoms. The van der Waals surface area contributed by atoms with Crippen molar-refractivity contribution in [3.63, 3.8) is 0 Å².